The minimum Gasteiger partial charge on any atom is -0.489 e. The normalized spacial score (nSPS) is 10.6. The van der Waals surface area contributed by atoms with Gasteiger partial charge in [0, 0.05) is 6.07 Å². The van der Waals surface area contributed by atoms with Crippen LogP contribution in [0.3, 0.4) is 0 Å². The monoisotopic (exact) mass is 884 g/mol. The summed E-state index contributed by atoms with van der Waals surface area (Å²) >= 11 is 0. The maximum atomic E-state index is 13.0. The molecule has 0 aliphatic rings. The molecule has 0 amide bonds. The molecule has 0 atom stereocenters. The van der Waals surface area contributed by atoms with Crippen molar-refractivity contribution < 1.29 is 71.4 Å². The number of benzene rings is 4. The quantitative estimate of drug-likeness (QED) is 0.0452. The molecule has 15 nitrogen and oxygen atoms in total. The summed E-state index contributed by atoms with van der Waals surface area (Å²) in [6.07, 6.45) is 3.48. The minimum atomic E-state index is -0.674. The molecule has 4 aromatic carbocycles. The maximum Gasteiger partial charge on any atom is 0.338 e. The van der Waals surface area contributed by atoms with Crippen molar-refractivity contribution >= 4 is 35.8 Å². The van der Waals surface area contributed by atoms with Crippen LogP contribution in [0, 0.1) is 0 Å². The number of ether oxygens (including phenoxy) is 9. The highest BCUT2D eigenvalue weighted by molar-refractivity contribution is 5.98. The van der Waals surface area contributed by atoms with E-state index in [2.05, 4.69) is 0 Å². The lowest BCUT2D eigenvalue weighted by atomic mass is 10.1. The van der Waals surface area contributed by atoms with E-state index < -0.39 is 35.8 Å². The highest BCUT2D eigenvalue weighted by Crippen LogP contribution is 2.34. The summed E-state index contributed by atoms with van der Waals surface area (Å²) in [5.74, 6) is -3.41. The van der Waals surface area contributed by atoms with Crippen LogP contribution in [0.1, 0.15) is 148 Å². The topological polar surface area (TPSA) is 185 Å². The summed E-state index contributed by atoms with van der Waals surface area (Å²) in [7, 11) is 0. The summed E-state index contributed by atoms with van der Waals surface area (Å²) in [4.78, 5) is 78.1. The summed E-state index contributed by atoms with van der Waals surface area (Å²) in [6.45, 7) is 11.9. The van der Waals surface area contributed by atoms with Gasteiger partial charge in [0.2, 0.25) is 0 Å². The molecule has 0 N–H and O–H groups in total. The van der Waals surface area contributed by atoms with Crippen LogP contribution in [0.4, 0.5) is 0 Å². The third-order valence-corrected chi connectivity index (χ3v) is 8.57. The smallest absolute Gasteiger partial charge is 0.338 e. The first-order chi connectivity index (χ1) is 30.9. The zero-order chi connectivity index (χ0) is 46.4. The van der Waals surface area contributed by atoms with Crippen LogP contribution in [0.2, 0.25) is 0 Å². The summed E-state index contributed by atoms with van der Waals surface area (Å²) < 4.78 is 50.9. The molecule has 0 fully saturated rings. The lowest BCUT2D eigenvalue weighted by Crippen LogP contribution is -2.11. The van der Waals surface area contributed by atoms with E-state index in [0.29, 0.717) is 44.1 Å². The van der Waals surface area contributed by atoms with Crippen LogP contribution < -0.4 is 14.2 Å². The zero-order valence-electron chi connectivity index (χ0n) is 37.2. The minimum absolute atomic E-state index is 0.0465. The molecule has 0 heterocycles. The Bertz CT molecular complexity index is 2020. The first-order valence-corrected chi connectivity index (χ1v) is 21.5. The highest BCUT2D eigenvalue weighted by Gasteiger charge is 2.20. The Balaban J connectivity index is 1.82. The number of esters is 6. The zero-order valence-corrected chi connectivity index (χ0v) is 37.2. The summed E-state index contributed by atoms with van der Waals surface area (Å²) in [5, 5.41) is 0. The summed E-state index contributed by atoms with van der Waals surface area (Å²) in [6, 6.07) is 17.4. The second-order valence-electron chi connectivity index (χ2n) is 14.4. The largest absolute Gasteiger partial charge is 0.489 e. The number of carbonyl (C=O) groups is 6. The molecule has 0 aromatic heterocycles. The van der Waals surface area contributed by atoms with E-state index in [1.807, 2.05) is 41.5 Å². The van der Waals surface area contributed by atoms with Crippen LogP contribution >= 0.6 is 0 Å². The van der Waals surface area contributed by atoms with Gasteiger partial charge >= 0.3 is 35.8 Å². The molecule has 0 bridgehead atoms. The molecule has 15 heteroatoms. The van der Waals surface area contributed by atoms with Gasteiger partial charge in [-0.25, -0.2) is 28.8 Å². The Kier molecular flexibility index (Phi) is 20.1. The van der Waals surface area contributed by atoms with E-state index in [-0.39, 0.29) is 108 Å². The number of hydrogen-bond donors (Lipinski definition) is 0. The van der Waals surface area contributed by atoms with Crippen molar-refractivity contribution in [3.8, 4) is 28.7 Å². The molecule has 64 heavy (non-hydrogen) atoms. The second-order valence-corrected chi connectivity index (χ2v) is 14.4. The van der Waals surface area contributed by atoms with E-state index >= 15 is 0 Å². The molecular formula is C49H56O15. The molecule has 0 saturated carbocycles. The second kappa shape index (κ2) is 25.9. The third-order valence-electron chi connectivity index (χ3n) is 8.57. The standard InChI is InChI=1S/C49H56O15/c1-7-13-56-44(50)33-21-34(45(51)57-14-8-2)25-39(24-33)62-31-32-19-40(63-42-26-35(46(52)58-15-9-3)22-36(27-42)47(53)59-16-10-4)30-41(20-32)64-43-28-37(48(54)60-17-11-5)23-38(29-43)49(55)61-18-12-6/h19-30H,7-18,31H2,1-6H3. The first kappa shape index (κ1) is 49.8. The van der Waals surface area contributed by atoms with Crippen molar-refractivity contribution in [1.29, 1.82) is 0 Å². The van der Waals surface area contributed by atoms with Gasteiger partial charge < -0.3 is 42.6 Å². The van der Waals surface area contributed by atoms with Gasteiger partial charge in [0.05, 0.1) is 73.0 Å². The number of rotatable bonds is 25. The summed E-state index contributed by atoms with van der Waals surface area (Å²) in [5.41, 5.74) is 0.771. The van der Waals surface area contributed by atoms with Gasteiger partial charge in [-0.2, -0.15) is 0 Å². The Labute approximate surface area is 373 Å². The van der Waals surface area contributed by atoms with Crippen molar-refractivity contribution in [1.82, 2.24) is 0 Å². The fourth-order valence-electron chi connectivity index (χ4n) is 5.64. The van der Waals surface area contributed by atoms with Gasteiger partial charge in [-0.15, -0.1) is 0 Å². The van der Waals surface area contributed by atoms with Crippen molar-refractivity contribution in [2.24, 2.45) is 0 Å². The van der Waals surface area contributed by atoms with Crippen molar-refractivity contribution in [2.75, 3.05) is 39.6 Å². The maximum absolute atomic E-state index is 13.0. The van der Waals surface area contributed by atoms with E-state index in [9.17, 15) is 28.8 Å². The van der Waals surface area contributed by atoms with E-state index in [0.717, 1.165) is 0 Å². The Hall–Kier alpha value is -6.90. The fourth-order valence-corrected chi connectivity index (χ4v) is 5.64. The van der Waals surface area contributed by atoms with Crippen molar-refractivity contribution in [3.63, 3.8) is 0 Å². The Morgan fingerprint density at radius 1 is 0.312 bits per heavy atom. The number of carbonyl (C=O) groups excluding carboxylic acids is 6. The van der Waals surface area contributed by atoms with E-state index in [1.165, 1.54) is 60.7 Å². The molecule has 4 aromatic rings. The van der Waals surface area contributed by atoms with Crippen molar-refractivity contribution in [3.05, 3.63) is 112 Å². The van der Waals surface area contributed by atoms with Crippen LogP contribution in [0.25, 0.3) is 0 Å². The Morgan fingerprint density at radius 2 is 0.547 bits per heavy atom. The molecule has 0 unspecified atom stereocenters. The van der Waals surface area contributed by atoms with Gasteiger partial charge in [0.1, 0.15) is 35.4 Å². The SMILES string of the molecule is CCCOC(=O)c1cc(OCc2cc(Oc3cc(C(=O)OCCC)cc(C(=O)OCCC)c3)cc(Oc3cc(C(=O)OCCC)cc(C(=O)OCCC)c3)c2)cc(C(=O)OCCC)c1. The van der Waals surface area contributed by atoms with Gasteiger partial charge in [-0.05, 0) is 111 Å². The molecule has 0 aliphatic carbocycles. The lowest BCUT2D eigenvalue weighted by Gasteiger charge is -2.16. The molecule has 0 radical (unpaired) electrons. The van der Waals surface area contributed by atoms with Gasteiger partial charge in [-0.3, -0.25) is 0 Å². The average Bonchev–Trinajstić information content (AvgIpc) is 3.30. The Morgan fingerprint density at radius 3 is 0.797 bits per heavy atom. The highest BCUT2D eigenvalue weighted by atomic mass is 16.6. The van der Waals surface area contributed by atoms with Crippen LogP contribution in [-0.4, -0.2) is 75.5 Å². The predicted molar refractivity (Wildman–Crippen MR) is 234 cm³/mol. The average molecular weight is 885 g/mol. The van der Waals surface area contributed by atoms with E-state index in [1.54, 1.807) is 12.1 Å². The van der Waals surface area contributed by atoms with Crippen LogP contribution in [-0.2, 0) is 35.0 Å². The van der Waals surface area contributed by atoms with Gasteiger partial charge in [0.15, 0.2) is 0 Å². The molecule has 0 spiro atoms. The van der Waals surface area contributed by atoms with Crippen LogP contribution in [0.5, 0.6) is 28.7 Å². The van der Waals surface area contributed by atoms with E-state index in [4.69, 9.17) is 42.6 Å². The fraction of sp³-hybridized carbons (Fsp3) is 0.388. The van der Waals surface area contributed by atoms with Crippen molar-refractivity contribution in [2.45, 2.75) is 86.7 Å². The third kappa shape index (κ3) is 15.5. The predicted octanol–water partition coefficient (Wildman–Crippen LogP) is 10.3. The molecule has 4 rings (SSSR count). The van der Waals surface area contributed by atoms with Crippen LogP contribution in [0.15, 0.2) is 72.8 Å². The molecule has 0 saturated heterocycles. The molecule has 342 valence electrons. The van der Waals surface area contributed by atoms with Gasteiger partial charge in [-0.1, -0.05) is 41.5 Å². The lowest BCUT2D eigenvalue weighted by molar-refractivity contribution is 0.0484. The molecule has 0 aliphatic heterocycles. The first-order valence-electron chi connectivity index (χ1n) is 21.5. The van der Waals surface area contributed by atoms with Gasteiger partial charge in [0.25, 0.3) is 0 Å². The number of hydrogen-bond acceptors (Lipinski definition) is 15. The molecular weight excluding hydrogens is 829 g/mol.